The molecule has 40 heavy (non-hydrogen) atoms. The summed E-state index contributed by atoms with van der Waals surface area (Å²) < 4.78 is 0. The molecule has 220 valence electrons. The number of hydrogen-bond donors (Lipinski definition) is 9. The van der Waals surface area contributed by atoms with Crippen LogP contribution in [-0.4, -0.2) is 87.6 Å². The number of guanidine groups is 1. The average Bonchev–Trinajstić information content (AvgIpc) is 2.87. The third-order valence-electron chi connectivity index (χ3n) is 5.49. The zero-order chi connectivity index (χ0) is 30.2. The van der Waals surface area contributed by atoms with Crippen molar-refractivity contribution >= 4 is 41.6 Å². The van der Waals surface area contributed by atoms with Crippen LogP contribution in [0.5, 0.6) is 0 Å². The molecule has 0 saturated carbocycles. The van der Waals surface area contributed by atoms with Crippen molar-refractivity contribution in [3.63, 3.8) is 0 Å². The highest BCUT2D eigenvalue weighted by atomic mass is 16.4. The number of nitrogens with one attached hydrogen (secondary N) is 3. The number of hydrogen-bond acceptors (Lipinski definition) is 8. The standard InChI is InChI=1S/C24H35N7O9/c25-14(12-19(34)35)20(36)29-16(8-9-18(32)33)22(38)30-15(7-4-10-28-24(26)27)21(37)31-17(23(39)40)11-13-5-2-1-3-6-13/h1-3,5-6,14-17H,4,7-12,25H2,(H,29,36)(H,30,38)(H,31,37)(H,32,33)(H,34,35)(H,39,40)(H4,26,27,28). The van der Waals surface area contributed by atoms with Gasteiger partial charge in [0.15, 0.2) is 5.96 Å². The smallest absolute Gasteiger partial charge is 0.326 e. The predicted molar refractivity (Wildman–Crippen MR) is 141 cm³/mol. The summed E-state index contributed by atoms with van der Waals surface area (Å²) in [6, 6.07) is 2.84. The van der Waals surface area contributed by atoms with Gasteiger partial charge in [-0.2, -0.15) is 0 Å². The number of carbonyl (C=O) groups is 6. The predicted octanol–water partition coefficient (Wildman–Crippen LogP) is -2.51. The summed E-state index contributed by atoms with van der Waals surface area (Å²) in [5.74, 6) is -7.00. The molecule has 0 spiro atoms. The Hall–Kier alpha value is -4.73. The molecule has 1 aromatic carbocycles. The van der Waals surface area contributed by atoms with Gasteiger partial charge in [0.25, 0.3) is 0 Å². The number of carboxylic acids is 3. The largest absolute Gasteiger partial charge is 0.481 e. The summed E-state index contributed by atoms with van der Waals surface area (Å²) >= 11 is 0. The van der Waals surface area contributed by atoms with Crippen molar-refractivity contribution in [2.24, 2.45) is 22.2 Å². The SMILES string of the molecule is NC(N)=NCCCC(NC(=O)C(CCC(=O)O)NC(=O)C(N)CC(=O)O)C(=O)NC(Cc1ccccc1)C(=O)O. The third-order valence-corrected chi connectivity index (χ3v) is 5.49. The van der Waals surface area contributed by atoms with Crippen LogP contribution in [0.15, 0.2) is 35.3 Å². The van der Waals surface area contributed by atoms with Crippen LogP contribution in [0.2, 0.25) is 0 Å². The van der Waals surface area contributed by atoms with Crippen molar-refractivity contribution in [2.45, 2.75) is 62.7 Å². The maximum atomic E-state index is 13.1. The second kappa shape index (κ2) is 17.0. The zero-order valence-electron chi connectivity index (χ0n) is 21.6. The molecule has 1 aromatic rings. The molecule has 3 amide bonds. The van der Waals surface area contributed by atoms with E-state index in [9.17, 15) is 33.9 Å². The van der Waals surface area contributed by atoms with Crippen LogP contribution >= 0.6 is 0 Å². The molecule has 0 fully saturated rings. The van der Waals surface area contributed by atoms with E-state index < -0.39 is 79.1 Å². The van der Waals surface area contributed by atoms with Gasteiger partial charge in [-0.25, -0.2) is 4.79 Å². The van der Waals surface area contributed by atoms with Crippen molar-refractivity contribution in [1.29, 1.82) is 0 Å². The summed E-state index contributed by atoms with van der Waals surface area (Å²) in [4.78, 5) is 76.1. The number of amides is 3. The Labute approximate surface area is 229 Å². The van der Waals surface area contributed by atoms with E-state index in [1.807, 2.05) is 0 Å². The van der Waals surface area contributed by atoms with Crippen LogP contribution in [0.25, 0.3) is 0 Å². The second-order valence-electron chi connectivity index (χ2n) is 8.80. The van der Waals surface area contributed by atoms with E-state index >= 15 is 0 Å². The zero-order valence-corrected chi connectivity index (χ0v) is 21.6. The third kappa shape index (κ3) is 13.2. The van der Waals surface area contributed by atoms with Gasteiger partial charge >= 0.3 is 17.9 Å². The van der Waals surface area contributed by atoms with Crippen molar-refractivity contribution in [2.75, 3.05) is 6.54 Å². The molecule has 0 radical (unpaired) electrons. The van der Waals surface area contributed by atoms with Gasteiger partial charge in [0.1, 0.15) is 18.1 Å². The van der Waals surface area contributed by atoms with E-state index in [1.54, 1.807) is 30.3 Å². The Balaban J connectivity index is 3.10. The molecule has 1 rings (SSSR count). The van der Waals surface area contributed by atoms with Crippen LogP contribution in [0.4, 0.5) is 0 Å². The molecule has 4 atom stereocenters. The molecular formula is C24H35N7O9. The normalized spacial score (nSPS) is 13.5. The highest BCUT2D eigenvalue weighted by molar-refractivity contribution is 5.95. The quantitative estimate of drug-likeness (QED) is 0.0506. The van der Waals surface area contributed by atoms with Gasteiger partial charge in [-0.3, -0.25) is 29.0 Å². The first-order valence-electron chi connectivity index (χ1n) is 12.2. The number of aliphatic carboxylic acids is 3. The van der Waals surface area contributed by atoms with Crippen LogP contribution in [0.1, 0.15) is 37.7 Å². The fourth-order valence-corrected chi connectivity index (χ4v) is 3.46. The molecule has 0 saturated heterocycles. The number of benzene rings is 1. The number of carboxylic acid groups (broad SMARTS) is 3. The van der Waals surface area contributed by atoms with E-state index in [0.29, 0.717) is 5.56 Å². The minimum atomic E-state index is -1.52. The van der Waals surface area contributed by atoms with Gasteiger partial charge in [-0.1, -0.05) is 30.3 Å². The van der Waals surface area contributed by atoms with E-state index in [-0.39, 0.29) is 31.8 Å². The van der Waals surface area contributed by atoms with Crippen molar-refractivity contribution < 1.29 is 44.1 Å². The van der Waals surface area contributed by atoms with Crippen LogP contribution in [-0.2, 0) is 35.2 Å². The van der Waals surface area contributed by atoms with Crippen LogP contribution < -0.4 is 33.2 Å². The van der Waals surface area contributed by atoms with Gasteiger partial charge < -0.3 is 48.5 Å². The Bertz CT molecular complexity index is 1080. The summed E-state index contributed by atoms with van der Waals surface area (Å²) in [5.41, 5.74) is 16.8. The molecule has 4 unspecified atom stereocenters. The second-order valence-corrected chi connectivity index (χ2v) is 8.80. The lowest BCUT2D eigenvalue weighted by Crippen LogP contribution is -2.57. The van der Waals surface area contributed by atoms with E-state index in [0.717, 1.165) is 0 Å². The number of aliphatic imine (C=N–C) groups is 1. The monoisotopic (exact) mass is 565 g/mol. The molecular weight excluding hydrogens is 530 g/mol. The fraction of sp³-hybridized carbons (Fsp3) is 0.458. The molecule has 16 nitrogen and oxygen atoms in total. The minimum Gasteiger partial charge on any atom is -0.481 e. The summed E-state index contributed by atoms with van der Waals surface area (Å²) in [5, 5.41) is 34.5. The molecule has 0 aliphatic rings. The molecule has 0 heterocycles. The first-order valence-corrected chi connectivity index (χ1v) is 12.2. The van der Waals surface area contributed by atoms with Crippen LogP contribution in [0, 0.1) is 0 Å². The maximum Gasteiger partial charge on any atom is 0.326 e. The van der Waals surface area contributed by atoms with Crippen molar-refractivity contribution in [1.82, 2.24) is 16.0 Å². The van der Waals surface area contributed by atoms with Gasteiger partial charge in [-0.15, -0.1) is 0 Å². The van der Waals surface area contributed by atoms with Crippen molar-refractivity contribution in [3.05, 3.63) is 35.9 Å². The van der Waals surface area contributed by atoms with E-state index in [4.69, 9.17) is 27.4 Å². The molecule has 0 bridgehead atoms. The molecule has 0 aliphatic heterocycles. The van der Waals surface area contributed by atoms with Gasteiger partial charge in [-0.05, 0) is 24.8 Å². The van der Waals surface area contributed by atoms with Crippen molar-refractivity contribution in [3.8, 4) is 0 Å². The summed E-state index contributed by atoms with van der Waals surface area (Å²) in [7, 11) is 0. The number of carbonyl (C=O) groups excluding carboxylic acids is 3. The molecule has 16 heteroatoms. The topological polar surface area (TPSA) is 290 Å². The van der Waals surface area contributed by atoms with Gasteiger partial charge in [0, 0.05) is 19.4 Å². The molecule has 0 aliphatic carbocycles. The van der Waals surface area contributed by atoms with E-state index in [2.05, 4.69) is 20.9 Å². The summed E-state index contributed by atoms with van der Waals surface area (Å²) in [6.45, 7) is 0.0809. The fourth-order valence-electron chi connectivity index (χ4n) is 3.46. The first kappa shape index (κ1) is 33.3. The minimum absolute atomic E-state index is 0.0463. The number of rotatable bonds is 18. The van der Waals surface area contributed by atoms with Gasteiger partial charge in [0.2, 0.25) is 17.7 Å². The average molecular weight is 566 g/mol. The lowest BCUT2D eigenvalue weighted by Gasteiger charge is -2.25. The summed E-state index contributed by atoms with van der Waals surface area (Å²) in [6.07, 6.45) is -1.61. The Morgan fingerprint density at radius 3 is 1.85 bits per heavy atom. The highest BCUT2D eigenvalue weighted by Crippen LogP contribution is 2.07. The maximum absolute atomic E-state index is 13.1. The highest BCUT2D eigenvalue weighted by Gasteiger charge is 2.31. The molecule has 0 aromatic heterocycles. The first-order chi connectivity index (χ1) is 18.8. The molecule has 12 N–H and O–H groups in total. The lowest BCUT2D eigenvalue weighted by atomic mass is 10.0. The number of nitrogens with two attached hydrogens (primary N) is 3. The van der Waals surface area contributed by atoms with Gasteiger partial charge in [0.05, 0.1) is 12.5 Å². The Morgan fingerprint density at radius 1 is 0.775 bits per heavy atom. The Kier molecular flexibility index (Phi) is 14.1. The lowest BCUT2D eigenvalue weighted by molar-refractivity contribution is -0.142. The Morgan fingerprint density at radius 2 is 1.32 bits per heavy atom. The van der Waals surface area contributed by atoms with Crippen LogP contribution in [0.3, 0.4) is 0 Å². The number of nitrogens with zero attached hydrogens (tertiary/aromatic N) is 1. The van der Waals surface area contributed by atoms with E-state index in [1.165, 1.54) is 0 Å².